The summed E-state index contributed by atoms with van der Waals surface area (Å²) in [5.41, 5.74) is 1.41. The van der Waals surface area contributed by atoms with Crippen molar-refractivity contribution >= 4 is 22.4 Å². The molecule has 1 heterocycles. The van der Waals surface area contributed by atoms with Crippen LogP contribution in [-0.4, -0.2) is 10.9 Å². The van der Waals surface area contributed by atoms with Crippen LogP contribution in [0.1, 0.15) is 10.4 Å². The molecule has 0 spiro atoms. The predicted octanol–water partition coefficient (Wildman–Crippen LogP) is 4.59. The van der Waals surface area contributed by atoms with Gasteiger partial charge >= 0.3 is 0 Å². The standard InChI is InChI=1S/C22H15FN2O2/c23-17-7-9-18(10-8-17)24-21(26)19-11-12-20(25-22(19)27)16-6-5-14-3-1-2-4-15(14)13-16/h1-13H,(H,24,26)(H,25,27). The molecule has 0 radical (unpaired) electrons. The van der Waals surface area contributed by atoms with Crippen molar-refractivity contribution in [2.45, 2.75) is 0 Å². The molecule has 0 aliphatic rings. The molecule has 3 aromatic carbocycles. The Kier molecular flexibility index (Phi) is 4.26. The summed E-state index contributed by atoms with van der Waals surface area (Å²) in [7, 11) is 0. The number of rotatable bonds is 3. The molecular weight excluding hydrogens is 343 g/mol. The van der Waals surface area contributed by atoms with Gasteiger partial charge in [-0.3, -0.25) is 9.59 Å². The second-order valence-corrected chi connectivity index (χ2v) is 6.14. The fraction of sp³-hybridized carbons (Fsp3) is 0. The van der Waals surface area contributed by atoms with E-state index in [2.05, 4.69) is 10.3 Å². The first kappa shape index (κ1) is 16.7. The number of aromatic nitrogens is 1. The number of aromatic amines is 1. The molecule has 0 fully saturated rings. The molecular formula is C22H15FN2O2. The van der Waals surface area contributed by atoms with Gasteiger partial charge in [0.05, 0.1) is 0 Å². The monoisotopic (exact) mass is 358 g/mol. The zero-order valence-electron chi connectivity index (χ0n) is 14.2. The van der Waals surface area contributed by atoms with E-state index in [1.54, 1.807) is 6.07 Å². The van der Waals surface area contributed by atoms with E-state index in [1.165, 1.54) is 30.3 Å². The summed E-state index contributed by atoms with van der Waals surface area (Å²) in [5.74, 6) is -0.946. The van der Waals surface area contributed by atoms with Crippen molar-refractivity contribution in [3.8, 4) is 11.3 Å². The van der Waals surface area contributed by atoms with Gasteiger partial charge in [0.25, 0.3) is 11.5 Å². The number of H-pyrrole nitrogens is 1. The number of halogens is 1. The van der Waals surface area contributed by atoms with Crippen LogP contribution in [0.2, 0.25) is 0 Å². The minimum absolute atomic E-state index is 0.0103. The maximum absolute atomic E-state index is 12.9. The lowest BCUT2D eigenvalue weighted by Crippen LogP contribution is -2.23. The SMILES string of the molecule is O=C(Nc1ccc(F)cc1)c1ccc(-c2ccc3ccccc3c2)[nH]c1=O. The highest BCUT2D eigenvalue weighted by molar-refractivity contribution is 6.04. The number of hydrogen-bond acceptors (Lipinski definition) is 2. The maximum atomic E-state index is 12.9. The Balaban J connectivity index is 1.62. The molecule has 0 atom stereocenters. The van der Waals surface area contributed by atoms with Gasteiger partial charge in [0.2, 0.25) is 0 Å². The number of fused-ring (bicyclic) bond motifs is 1. The van der Waals surface area contributed by atoms with Crippen molar-refractivity contribution in [3.05, 3.63) is 101 Å². The van der Waals surface area contributed by atoms with E-state index in [1.807, 2.05) is 42.5 Å². The highest BCUT2D eigenvalue weighted by atomic mass is 19.1. The van der Waals surface area contributed by atoms with Crippen LogP contribution < -0.4 is 10.9 Å². The van der Waals surface area contributed by atoms with Crippen molar-refractivity contribution < 1.29 is 9.18 Å². The number of anilines is 1. The zero-order chi connectivity index (χ0) is 18.8. The Morgan fingerprint density at radius 3 is 2.33 bits per heavy atom. The molecule has 4 rings (SSSR count). The minimum Gasteiger partial charge on any atom is -0.322 e. The molecule has 0 saturated carbocycles. The third kappa shape index (κ3) is 3.48. The summed E-state index contributed by atoms with van der Waals surface area (Å²) >= 11 is 0. The summed E-state index contributed by atoms with van der Waals surface area (Å²) in [6, 6.07) is 22.4. The summed E-state index contributed by atoms with van der Waals surface area (Å²) < 4.78 is 12.9. The number of benzene rings is 3. The molecule has 0 unspecified atom stereocenters. The van der Waals surface area contributed by atoms with Crippen LogP contribution >= 0.6 is 0 Å². The van der Waals surface area contributed by atoms with E-state index in [-0.39, 0.29) is 5.56 Å². The van der Waals surface area contributed by atoms with Gasteiger partial charge in [-0.25, -0.2) is 4.39 Å². The first-order valence-electron chi connectivity index (χ1n) is 8.39. The van der Waals surface area contributed by atoms with Crippen LogP contribution in [0.4, 0.5) is 10.1 Å². The van der Waals surface area contributed by atoms with Crippen molar-refractivity contribution in [2.24, 2.45) is 0 Å². The molecule has 0 aliphatic carbocycles. The van der Waals surface area contributed by atoms with Crippen molar-refractivity contribution in [2.75, 3.05) is 5.32 Å². The van der Waals surface area contributed by atoms with Gasteiger partial charge in [0, 0.05) is 11.4 Å². The minimum atomic E-state index is -0.548. The van der Waals surface area contributed by atoms with Crippen LogP contribution in [0, 0.1) is 5.82 Å². The normalized spacial score (nSPS) is 10.7. The van der Waals surface area contributed by atoms with E-state index >= 15 is 0 Å². The van der Waals surface area contributed by atoms with Crippen LogP contribution in [0.5, 0.6) is 0 Å². The van der Waals surface area contributed by atoms with Crippen molar-refractivity contribution in [1.82, 2.24) is 4.98 Å². The number of hydrogen-bond donors (Lipinski definition) is 2. The highest BCUT2D eigenvalue weighted by Crippen LogP contribution is 2.22. The fourth-order valence-electron chi connectivity index (χ4n) is 2.91. The zero-order valence-corrected chi connectivity index (χ0v) is 14.2. The van der Waals surface area contributed by atoms with Gasteiger partial charge < -0.3 is 10.3 Å². The fourth-order valence-corrected chi connectivity index (χ4v) is 2.91. The first-order valence-corrected chi connectivity index (χ1v) is 8.39. The Morgan fingerprint density at radius 2 is 1.59 bits per heavy atom. The summed E-state index contributed by atoms with van der Waals surface area (Å²) in [6.07, 6.45) is 0. The van der Waals surface area contributed by atoms with Gasteiger partial charge in [-0.2, -0.15) is 0 Å². The van der Waals surface area contributed by atoms with Gasteiger partial charge in [0.1, 0.15) is 11.4 Å². The number of pyridine rings is 1. The van der Waals surface area contributed by atoms with Gasteiger partial charge in [-0.15, -0.1) is 0 Å². The Morgan fingerprint density at radius 1 is 0.852 bits per heavy atom. The molecule has 132 valence electrons. The maximum Gasteiger partial charge on any atom is 0.261 e. The largest absolute Gasteiger partial charge is 0.322 e. The second kappa shape index (κ2) is 6.88. The smallest absolute Gasteiger partial charge is 0.261 e. The van der Waals surface area contributed by atoms with Crippen molar-refractivity contribution in [1.29, 1.82) is 0 Å². The van der Waals surface area contributed by atoms with Gasteiger partial charge in [-0.05, 0) is 58.8 Å². The lowest BCUT2D eigenvalue weighted by atomic mass is 10.0. The van der Waals surface area contributed by atoms with E-state index < -0.39 is 17.3 Å². The molecule has 0 saturated heterocycles. The van der Waals surface area contributed by atoms with Crippen LogP contribution in [-0.2, 0) is 0 Å². The number of nitrogens with one attached hydrogen (secondary N) is 2. The molecule has 27 heavy (non-hydrogen) atoms. The topological polar surface area (TPSA) is 62.0 Å². The van der Waals surface area contributed by atoms with E-state index in [0.29, 0.717) is 11.4 Å². The van der Waals surface area contributed by atoms with Crippen LogP contribution in [0.3, 0.4) is 0 Å². The van der Waals surface area contributed by atoms with E-state index in [9.17, 15) is 14.0 Å². The van der Waals surface area contributed by atoms with E-state index in [4.69, 9.17) is 0 Å². The summed E-state index contributed by atoms with van der Waals surface area (Å²) in [4.78, 5) is 27.5. The van der Waals surface area contributed by atoms with Gasteiger partial charge in [0.15, 0.2) is 0 Å². The lowest BCUT2D eigenvalue weighted by Gasteiger charge is -2.07. The van der Waals surface area contributed by atoms with E-state index in [0.717, 1.165) is 16.3 Å². The molecule has 4 aromatic rings. The molecule has 2 N–H and O–H groups in total. The average Bonchev–Trinajstić information content (AvgIpc) is 2.69. The van der Waals surface area contributed by atoms with Crippen LogP contribution in [0.15, 0.2) is 83.7 Å². The Hall–Kier alpha value is -3.73. The number of amides is 1. The average molecular weight is 358 g/mol. The van der Waals surface area contributed by atoms with Crippen molar-refractivity contribution in [3.63, 3.8) is 0 Å². The third-order valence-corrected chi connectivity index (χ3v) is 4.32. The Bertz CT molecular complexity index is 1200. The highest BCUT2D eigenvalue weighted by Gasteiger charge is 2.12. The quantitative estimate of drug-likeness (QED) is 0.563. The molecule has 5 heteroatoms. The number of carbonyl (C=O) groups excluding carboxylic acids is 1. The predicted molar refractivity (Wildman–Crippen MR) is 104 cm³/mol. The summed E-state index contributed by atoms with van der Waals surface area (Å²) in [6.45, 7) is 0. The Labute approximate surface area is 154 Å². The molecule has 0 bridgehead atoms. The molecule has 1 amide bonds. The summed E-state index contributed by atoms with van der Waals surface area (Å²) in [5, 5.41) is 4.76. The van der Waals surface area contributed by atoms with Crippen LogP contribution in [0.25, 0.3) is 22.0 Å². The van der Waals surface area contributed by atoms with Gasteiger partial charge in [-0.1, -0.05) is 36.4 Å². The third-order valence-electron chi connectivity index (χ3n) is 4.32. The second-order valence-electron chi connectivity index (χ2n) is 6.14. The molecule has 0 aliphatic heterocycles. The lowest BCUT2D eigenvalue weighted by molar-refractivity contribution is 0.102. The molecule has 1 aromatic heterocycles. The number of carbonyl (C=O) groups is 1. The molecule has 4 nitrogen and oxygen atoms in total. The first-order chi connectivity index (χ1) is 13.1.